The van der Waals surface area contributed by atoms with Gasteiger partial charge in [-0.05, 0) is 44.0 Å². The molecule has 10 heteroatoms. The smallest absolute Gasteiger partial charge is 0.322 e. The van der Waals surface area contributed by atoms with Crippen molar-refractivity contribution >= 4 is 23.2 Å². The number of piperazine rings is 1. The first-order valence-electron chi connectivity index (χ1n) is 10.8. The van der Waals surface area contributed by atoms with Crippen LogP contribution in [0.1, 0.15) is 31.4 Å². The molecule has 2 aliphatic heterocycles. The molecule has 2 saturated heterocycles. The standard InChI is InChI=1S/C22H25F2N7O/c1-14-13-29(10-7-25-14)22(32)27-18-12-26-31-9-6-20(28-21(18)31)30-8-2-3-19(30)16-11-15(23)4-5-17(16)24/h4-6,9,11-12,14,19,25H,2-3,7-8,10,13H2,1H3,(H,27,32)/t14-,19+/m0/s1. The lowest BCUT2D eigenvalue weighted by Gasteiger charge is -2.31. The predicted octanol–water partition coefficient (Wildman–Crippen LogP) is 3.17. The molecule has 2 atom stereocenters. The predicted molar refractivity (Wildman–Crippen MR) is 117 cm³/mol. The Bertz CT molecular complexity index is 1150. The summed E-state index contributed by atoms with van der Waals surface area (Å²) in [5.41, 5.74) is 1.35. The maximum Gasteiger partial charge on any atom is 0.322 e. The Hall–Kier alpha value is -3.27. The Kier molecular flexibility index (Phi) is 5.38. The van der Waals surface area contributed by atoms with Crippen molar-refractivity contribution in [1.82, 2.24) is 24.8 Å². The zero-order valence-corrected chi connectivity index (χ0v) is 17.8. The Balaban J connectivity index is 1.42. The summed E-state index contributed by atoms with van der Waals surface area (Å²) < 4.78 is 29.8. The van der Waals surface area contributed by atoms with Crippen LogP contribution in [0.5, 0.6) is 0 Å². The van der Waals surface area contributed by atoms with E-state index in [9.17, 15) is 13.6 Å². The molecule has 2 aromatic heterocycles. The molecular weight excluding hydrogens is 416 g/mol. The SMILES string of the molecule is C[C@H]1CN(C(=O)Nc2cnn3ccc(N4CCC[C@@H]4c4cc(F)ccc4F)nc23)CCN1. The lowest BCUT2D eigenvalue weighted by atomic mass is 10.0. The first kappa shape index (κ1) is 20.6. The van der Waals surface area contributed by atoms with Gasteiger partial charge in [-0.15, -0.1) is 0 Å². The van der Waals surface area contributed by atoms with E-state index in [0.29, 0.717) is 48.8 Å². The Morgan fingerprint density at radius 1 is 1.25 bits per heavy atom. The summed E-state index contributed by atoms with van der Waals surface area (Å²) in [6.07, 6.45) is 4.88. The number of halogens is 2. The summed E-state index contributed by atoms with van der Waals surface area (Å²) >= 11 is 0. The number of anilines is 2. The summed E-state index contributed by atoms with van der Waals surface area (Å²) in [7, 11) is 0. The number of amides is 2. The highest BCUT2D eigenvalue weighted by atomic mass is 19.1. The van der Waals surface area contributed by atoms with Gasteiger partial charge in [-0.2, -0.15) is 5.10 Å². The van der Waals surface area contributed by atoms with Gasteiger partial charge in [0.25, 0.3) is 0 Å². The molecule has 0 radical (unpaired) electrons. The van der Waals surface area contributed by atoms with E-state index >= 15 is 0 Å². The molecule has 4 heterocycles. The van der Waals surface area contributed by atoms with Gasteiger partial charge >= 0.3 is 6.03 Å². The number of fused-ring (bicyclic) bond motifs is 1. The van der Waals surface area contributed by atoms with Gasteiger partial charge in [-0.3, -0.25) is 0 Å². The number of aromatic nitrogens is 3. The summed E-state index contributed by atoms with van der Waals surface area (Å²) in [4.78, 5) is 21.2. The number of nitrogens with one attached hydrogen (secondary N) is 2. The molecule has 0 unspecified atom stereocenters. The molecule has 1 aromatic carbocycles. The van der Waals surface area contributed by atoms with E-state index in [4.69, 9.17) is 4.98 Å². The number of carbonyl (C=O) groups excluding carboxylic acids is 1. The van der Waals surface area contributed by atoms with Crippen LogP contribution in [-0.4, -0.2) is 57.7 Å². The third-order valence-electron chi connectivity index (χ3n) is 6.12. The molecule has 5 rings (SSSR count). The van der Waals surface area contributed by atoms with E-state index in [-0.39, 0.29) is 18.1 Å². The van der Waals surface area contributed by atoms with Crippen molar-refractivity contribution in [3.8, 4) is 0 Å². The number of benzene rings is 1. The van der Waals surface area contributed by atoms with Gasteiger partial charge in [0.1, 0.15) is 23.1 Å². The molecule has 0 spiro atoms. The molecule has 0 saturated carbocycles. The fourth-order valence-electron chi connectivity index (χ4n) is 4.55. The van der Waals surface area contributed by atoms with Gasteiger partial charge in [0.15, 0.2) is 5.65 Å². The number of rotatable bonds is 3. The van der Waals surface area contributed by atoms with Crippen molar-refractivity contribution in [3.05, 3.63) is 53.9 Å². The Morgan fingerprint density at radius 3 is 2.97 bits per heavy atom. The van der Waals surface area contributed by atoms with E-state index in [1.54, 1.807) is 27.9 Å². The van der Waals surface area contributed by atoms with E-state index in [0.717, 1.165) is 19.0 Å². The number of hydrogen-bond acceptors (Lipinski definition) is 5. The largest absolute Gasteiger partial charge is 0.349 e. The minimum atomic E-state index is -0.459. The second-order valence-corrected chi connectivity index (χ2v) is 8.36. The fraction of sp³-hybridized carbons (Fsp3) is 0.409. The van der Waals surface area contributed by atoms with Crippen LogP contribution in [0.2, 0.25) is 0 Å². The highest BCUT2D eigenvalue weighted by molar-refractivity contribution is 5.93. The van der Waals surface area contributed by atoms with E-state index in [1.165, 1.54) is 12.1 Å². The second kappa shape index (κ2) is 8.34. The van der Waals surface area contributed by atoms with Gasteiger partial charge in [0, 0.05) is 44.0 Å². The quantitative estimate of drug-likeness (QED) is 0.653. The number of hydrogen-bond donors (Lipinski definition) is 2. The van der Waals surface area contributed by atoms with Gasteiger partial charge in [0.05, 0.1) is 12.2 Å². The molecule has 3 aromatic rings. The van der Waals surface area contributed by atoms with E-state index in [1.807, 2.05) is 11.8 Å². The van der Waals surface area contributed by atoms with Gasteiger partial charge in [-0.25, -0.2) is 23.1 Å². The van der Waals surface area contributed by atoms with Crippen LogP contribution in [0.25, 0.3) is 5.65 Å². The molecule has 0 aliphatic carbocycles. The lowest BCUT2D eigenvalue weighted by Crippen LogP contribution is -2.52. The van der Waals surface area contributed by atoms with Crippen molar-refractivity contribution in [2.75, 3.05) is 36.4 Å². The molecule has 2 N–H and O–H groups in total. The van der Waals surface area contributed by atoms with Crippen LogP contribution in [0.15, 0.2) is 36.7 Å². The third-order valence-corrected chi connectivity index (χ3v) is 6.12. The number of urea groups is 1. The first-order valence-corrected chi connectivity index (χ1v) is 10.8. The fourth-order valence-corrected chi connectivity index (χ4v) is 4.55. The van der Waals surface area contributed by atoms with E-state index < -0.39 is 11.6 Å². The summed E-state index contributed by atoms with van der Waals surface area (Å²) in [5, 5.41) is 10.5. The Labute approximate surface area is 184 Å². The van der Waals surface area contributed by atoms with Crippen LogP contribution in [0, 0.1) is 11.6 Å². The molecule has 2 amide bonds. The van der Waals surface area contributed by atoms with Crippen LogP contribution < -0.4 is 15.5 Å². The zero-order chi connectivity index (χ0) is 22.2. The van der Waals surface area contributed by atoms with Crippen molar-refractivity contribution in [1.29, 1.82) is 0 Å². The van der Waals surface area contributed by atoms with Gasteiger partial charge in [-0.1, -0.05) is 0 Å². The topological polar surface area (TPSA) is 77.8 Å². The maximum absolute atomic E-state index is 14.4. The van der Waals surface area contributed by atoms with Crippen molar-refractivity contribution in [3.63, 3.8) is 0 Å². The minimum Gasteiger partial charge on any atom is -0.349 e. The monoisotopic (exact) mass is 441 g/mol. The molecule has 2 fully saturated rings. The molecule has 8 nitrogen and oxygen atoms in total. The Morgan fingerprint density at radius 2 is 2.12 bits per heavy atom. The summed E-state index contributed by atoms with van der Waals surface area (Å²) in [6, 6.07) is 5.10. The highest BCUT2D eigenvalue weighted by Gasteiger charge is 2.30. The summed E-state index contributed by atoms with van der Waals surface area (Å²) in [6.45, 7) is 4.72. The maximum atomic E-state index is 14.4. The molecular formula is C22H25F2N7O. The zero-order valence-electron chi connectivity index (χ0n) is 17.8. The van der Waals surface area contributed by atoms with Crippen molar-refractivity contribution in [2.45, 2.75) is 31.8 Å². The molecule has 32 heavy (non-hydrogen) atoms. The second-order valence-electron chi connectivity index (χ2n) is 8.36. The third kappa shape index (κ3) is 3.86. The van der Waals surface area contributed by atoms with Gasteiger partial charge in [0.2, 0.25) is 0 Å². The van der Waals surface area contributed by atoms with Crippen molar-refractivity contribution < 1.29 is 13.6 Å². The van der Waals surface area contributed by atoms with Gasteiger partial charge < -0.3 is 20.4 Å². The molecule has 2 aliphatic rings. The normalized spacial score (nSPS) is 21.3. The summed E-state index contributed by atoms with van der Waals surface area (Å²) in [5.74, 6) is -0.248. The number of nitrogens with zero attached hydrogens (tertiary/aromatic N) is 5. The van der Waals surface area contributed by atoms with E-state index in [2.05, 4.69) is 15.7 Å². The van der Waals surface area contributed by atoms with Crippen molar-refractivity contribution in [2.24, 2.45) is 0 Å². The molecule has 168 valence electrons. The van der Waals surface area contributed by atoms with Crippen LogP contribution in [0.4, 0.5) is 25.1 Å². The minimum absolute atomic E-state index is 0.193. The lowest BCUT2D eigenvalue weighted by molar-refractivity contribution is 0.192. The highest BCUT2D eigenvalue weighted by Crippen LogP contribution is 2.37. The average molecular weight is 441 g/mol. The first-order chi connectivity index (χ1) is 15.5. The van der Waals surface area contributed by atoms with Crippen LogP contribution in [0.3, 0.4) is 0 Å². The molecule has 0 bridgehead atoms. The number of carbonyl (C=O) groups is 1. The van der Waals surface area contributed by atoms with Crippen LogP contribution in [-0.2, 0) is 0 Å². The average Bonchev–Trinajstić information content (AvgIpc) is 3.42. The van der Waals surface area contributed by atoms with Crippen LogP contribution >= 0.6 is 0 Å².